The van der Waals surface area contributed by atoms with E-state index in [1.165, 1.54) is 17.7 Å². The number of nitrogens with one attached hydrogen (secondary N) is 1. The summed E-state index contributed by atoms with van der Waals surface area (Å²) >= 11 is 6.53. The second-order valence-electron chi connectivity index (χ2n) is 6.34. The molecule has 2 nitrogen and oxygen atoms in total. The molecule has 1 aromatic rings. The van der Waals surface area contributed by atoms with Crippen molar-refractivity contribution >= 4 is 17.3 Å². The number of anilines is 1. The Balaban J connectivity index is 2.17. The maximum Gasteiger partial charge on any atom is 0.0642 e. The van der Waals surface area contributed by atoms with Crippen molar-refractivity contribution < 1.29 is 0 Å². The largest absolute Gasteiger partial charge is 0.370 e. The van der Waals surface area contributed by atoms with E-state index in [0.717, 1.165) is 36.5 Å². The molecule has 1 saturated heterocycles. The SMILES string of the molecule is CCNC(C)c1ccc(N2CC(C)CC(C)C2)c(Cl)c1. The summed E-state index contributed by atoms with van der Waals surface area (Å²) in [4.78, 5) is 2.45. The summed E-state index contributed by atoms with van der Waals surface area (Å²) in [6.07, 6.45) is 1.32. The van der Waals surface area contributed by atoms with Crippen LogP contribution in [0, 0.1) is 11.8 Å². The summed E-state index contributed by atoms with van der Waals surface area (Å²) in [5, 5.41) is 4.31. The molecule has 1 aliphatic rings. The lowest BCUT2D eigenvalue weighted by Crippen LogP contribution is -2.38. The van der Waals surface area contributed by atoms with Gasteiger partial charge in [-0.2, -0.15) is 0 Å². The van der Waals surface area contributed by atoms with Crippen molar-refractivity contribution in [3.63, 3.8) is 0 Å². The van der Waals surface area contributed by atoms with Crippen LogP contribution in [0.3, 0.4) is 0 Å². The predicted octanol–water partition coefficient (Wildman–Crippen LogP) is 4.49. The van der Waals surface area contributed by atoms with Gasteiger partial charge in [-0.15, -0.1) is 0 Å². The standard InChI is InChI=1S/C17H27ClN2/c1-5-19-14(4)15-6-7-17(16(18)9-15)20-10-12(2)8-13(3)11-20/h6-7,9,12-14,19H,5,8,10-11H2,1-4H3. The molecule has 1 N–H and O–H groups in total. The van der Waals surface area contributed by atoms with Gasteiger partial charge in [0.05, 0.1) is 10.7 Å². The number of rotatable bonds is 4. The number of halogens is 1. The van der Waals surface area contributed by atoms with E-state index in [1.54, 1.807) is 0 Å². The molecular formula is C17H27ClN2. The van der Waals surface area contributed by atoms with Gasteiger partial charge in [0, 0.05) is 19.1 Å². The van der Waals surface area contributed by atoms with Gasteiger partial charge in [0.1, 0.15) is 0 Å². The van der Waals surface area contributed by atoms with Crippen LogP contribution in [0.2, 0.25) is 5.02 Å². The van der Waals surface area contributed by atoms with Crippen molar-refractivity contribution in [2.75, 3.05) is 24.5 Å². The molecular weight excluding hydrogens is 268 g/mol. The van der Waals surface area contributed by atoms with Crippen molar-refractivity contribution in [2.24, 2.45) is 11.8 Å². The monoisotopic (exact) mass is 294 g/mol. The summed E-state index contributed by atoms with van der Waals surface area (Å²) in [6.45, 7) is 12.2. The first-order valence-corrected chi connectivity index (χ1v) is 8.16. The minimum Gasteiger partial charge on any atom is -0.370 e. The number of benzene rings is 1. The maximum atomic E-state index is 6.53. The lowest BCUT2D eigenvalue weighted by molar-refractivity contribution is 0.357. The normalized spacial score (nSPS) is 24.8. The molecule has 0 saturated carbocycles. The van der Waals surface area contributed by atoms with Crippen molar-refractivity contribution in [3.8, 4) is 0 Å². The fourth-order valence-corrected chi connectivity index (χ4v) is 3.64. The van der Waals surface area contributed by atoms with Gasteiger partial charge in [0.15, 0.2) is 0 Å². The van der Waals surface area contributed by atoms with E-state index in [4.69, 9.17) is 11.6 Å². The Hall–Kier alpha value is -0.730. The van der Waals surface area contributed by atoms with E-state index in [2.05, 4.69) is 56.1 Å². The molecule has 2 rings (SSSR count). The van der Waals surface area contributed by atoms with Crippen LogP contribution in [0.15, 0.2) is 18.2 Å². The Labute approximate surface area is 128 Å². The summed E-state index contributed by atoms with van der Waals surface area (Å²) in [7, 11) is 0. The average molecular weight is 295 g/mol. The molecule has 0 amide bonds. The van der Waals surface area contributed by atoms with Gasteiger partial charge in [-0.1, -0.05) is 38.4 Å². The number of piperidine rings is 1. The van der Waals surface area contributed by atoms with E-state index >= 15 is 0 Å². The average Bonchev–Trinajstić information content (AvgIpc) is 2.37. The van der Waals surface area contributed by atoms with Gasteiger partial charge in [0.25, 0.3) is 0 Å². The first-order chi connectivity index (χ1) is 9.51. The summed E-state index contributed by atoms with van der Waals surface area (Å²) in [6, 6.07) is 6.87. The van der Waals surface area contributed by atoms with Gasteiger partial charge in [-0.25, -0.2) is 0 Å². The van der Waals surface area contributed by atoms with E-state index in [-0.39, 0.29) is 0 Å². The third-order valence-corrected chi connectivity index (χ3v) is 4.49. The molecule has 3 atom stereocenters. The topological polar surface area (TPSA) is 15.3 Å². The fourth-order valence-electron chi connectivity index (χ4n) is 3.33. The highest BCUT2D eigenvalue weighted by Crippen LogP contribution is 2.33. The van der Waals surface area contributed by atoms with Crippen LogP contribution in [-0.2, 0) is 0 Å². The van der Waals surface area contributed by atoms with Crippen molar-refractivity contribution in [3.05, 3.63) is 28.8 Å². The van der Waals surface area contributed by atoms with E-state index in [1.807, 2.05) is 0 Å². The molecule has 0 aliphatic carbocycles. The summed E-state index contributed by atoms with van der Waals surface area (Å²) < 4.78 is 0. The van der Waals surface area contributed by atoms with Crippen LogP contribution < -0.4 is 10.2 Å². The quantitative estimate of drug-likeness (QED) is 0.880. The van der Waals surface area contributed by atoms with Crippen LogP contribution in [-0.4, -0.2) is 19.6 Å². The molecule has 20 heavy (non-hydrogen) atoms. The molecule has 0 spiro atoms. The van der Waals surface area contributed by atoms with Crippen LogP contribution in [0.1, 0.15) is 45.7 Å². The number of hydrogen-bond donors (Lipinski definition) is 1. The predicted molar refractivity (Wildman–Crippen MR) is 88.7 cm³/mol. The Morgan fingerprint density at radius 2 is 1.95 bits per heavy atom. The third-order valence-electron chi connectivity index (χ3n) is 4.19. The van der Waals surface area contributed by atoms with E-state index in [0.29, 0.717) is 6.04 Å². The summed E-state index contributed by atoms with van der Waals surface area (Å²) in [5.74, 6) is 1.49. The maximum absolute atomic E-state index is 6.53. The van der Waals surface area contributed by atoms with Gasteiger partial charge < -0.3 is 10.2 Å². The Kier molecular flexibility index (Phi) is 5.34. The highest BCUT2D eigenvalue weighted by atomic mass is 35.5. The van der Waals surface area contributed by atoms with E-state index < -0.39 is 0 Å². The second kappa shape index (κ2) is 6.82. The highest BCUT2D eigenvalue weighted by Gasteiger charge is 2.23. The minimum absolute atomic E-state index is 0.353. The van der Waals surface area contributed by atoms with Crippen molar-refractivity contribution in [1.29, 1.82) is 0 Å². The zero-order valence-electron chi connectivity index (χ0n) is 13.1. The summed E-state index contributed by atoms with van der Waals surface area (Å²) in [5.41, 5.74) is 2.45. The van der Waals surface area contributed by atoms with Crippen LogP contribution in [0.5, 0.6) is 0 Å². The van der Waals surface area contributed by atoms with Gasteiger partial charge >= 0.3 is 0 Å². The molecule has 3 heteroatoms. The van der Waals surface area contributed by atoms with Gasteiger partial charge in [-0.05, 0) is 49.4 Å². The second-order valence-corrected chi connectivity index (χ2v) is 6.75. The first kappa shape index (κ1) is 15.7. The zero-order chi connectivity index (χ0) is 14.7. The molecule has 0 aromatic heterocycles. The zero-order valence-corrected chi connectivity index (χ0v) is 13.9. The van der Waals surface area contributed by atoms with Gasteiger partial charge in [-0.3, -0.25) is 0 Å². The van der Waals surface area contributed by atoms with Crippen molar-refractivity contribution in [1.82, 2.24) is 5.32 Å². The van der Waals surface area contributed by atoms with Gasteiger partial charge in [0.2, 0.25) is 0 Å². The highest BCUT2D eigenvalue weighted by molar-refractivity contribution is 6.33. The Morgan fingerprint density at radius 1 is 1.30 bits per heavy atom. The smallest absolute Gasteiger partial charge is 0.0642 e. The Morgan fingerprint density at radius 3 is 2.50 bits per heavy atom. The number of hydrogen-bond acceptors (Lipinski definition) is 2. The van der Waals surface area contributed by atoms with Crippen LogP contribution in [0.25, 0.3) is 0 Å². The minimum atomic E-state index is 0.353. The lowest BCUT2D eigenvalue weighted by atomic mass is 9.91. The fraction of sp³-hybridized carbons (Fsp3) is 0.647. The lowest BCUT2D eigenvalue weighted by Gasteiger charge is -2.37. The molecule has 0 bridgehead atoms. The Bertz CT molecular complexity index is 437. The number of nitrogens with zero attached hydrogens (tertiary/aromatic N) is 1. The molecule has 3 unspecified atom stereocenters. The van der Waals surface area contributed by atoms with Crippen LogP contribution >= 0.6 is 11.6 Å². The molecule has 1 aromatic carbocycles. The third kappa shape index (κ3) is 3.67. The molecule has 1 fully saturated rings. The first-order valence-electron chi connectivity index (χ1n) is 7.79. The molecule has 1 aliphatic heterocycles. The molecule has 1 heterocycles. The van der Waals surface area contributed by atoms with E-state index in [9.17, 15) is 0 Å². The molecule has 112 valence electrons. The van der Waals surface area contributed by atoms with Crippen molar-refractivity contribution in [2.45, 2.75) is 40.2 Å². The van der Waals surface area contributed by atoms with Crippen LogP contribution in [0.4, 0.5) is 5.69 Å². The molecule has 0 radical (unpaired) electrons.